The number of fused-ring (bicyclic) bond motifs is 1. The molecule has 0 aliphatic heterocycles. The third-order valence-electron chi connectivity index (χ3n) is 6.53. The van der Waals surface area contributed by atoms with E-state index in [0.717, 1.165) is 54.1 Å². The Morgan fingerprint density at radius 2 is 1.85 bits per heavy atom. The molecule has 2 fully saturated rings. The van der Waals surface area contributed by atoms with Gasteiger partial charge in [-0.2, -0.15) is 0 Å². The molecule has 3 N–H and O–H groups in total. The molecule has 2 aromatic carbocycles. The fourth-order valence-electron chi connectivity index (χ4n) is 4.43. The van der Waals surface area contributed by atoms with E-state index in [-0.39, 0.29) is 23.9 Å². The largest absolute Gasteiger partial charge is 0.351 e. The number of benzene rings is 2. The summed E-state index contributed by atoms with van der Waals surface area (Å²) in [7, 11) is 0. The number of hydrogen-bond donors (Lipinski definition) is 3. The van der Waals surface area contributed by atoms with Gasteiger partial charge in [0.2, 0.25) is 11.9 Å². The highest BCUT2D eigenvalue weighted by atomic mass is 35.5. The van der Waals surface area contributed by atoms with Crippen LogP contribution in [-0.4, -0.2) is 39.9 Å². The number of rotatable bonds is 7. The van der Waals surface area contributed by atoms with E-state index in [1.54, 1.807) is 18.3 Å². The van der Waals surface area contributed by atoms with Crippen LogP contribution >= 0.6 is 11.6 Å². The molecule has 0 spiro atoms. The van der Waals surface area contributed by atoms with E-state index in [4.69, 9.17) is 11.6 Å². The van der Waals surface area contributed by atoms with Crippen LogP contribution in [0, 0.1) is 0 Å². The van der Waals surface area contributed by atoms with Crippen molar-refractivity contribution in [3.8, 4) is 11.1 Å². The van der Waals surface area contributed by atoms with Crippen molar-refractivity contribution in [2.75, 3.05) is 5.32 Å². The van der Waals surface area contributed by atoms with E-state index in [0.29, 0.717) is 29.0 Å². The van der Waals surface area contributed by atoms with Crippen LogP contribution in [0.3, 0.4) is 0 Å². The lowest BCUT2D eigenvalue weighted by Gasteiger charge is -2.22. The average molecular weight is 478 g/mol. The van der Waals surface area contributed by atoms with Crippen LogP contribution < -0.4 is 16.0 Å². The van der Waals surface area contributed by atoms with Gasteiger partial charge in [0.05, 0.1) is 5.52 Å². The van der Waals surface area contributed by atoms with Gasteiger partial charge in [0, 0.05) is 52.3 Å². The van der Waals surface area contributed by atoms with E-state index >= 15 is 0 Å². The Kier molecular flexibility index (Phi) is 6.37. The zero-order valence-corrected chi connectivity index (χ0v) is 19.9. The number of anilines is 1. The van der Waals surface area contributed by atoms with E-state index in [9.17, 15) is 9.59 Å². The molecule has 0 radical (unpaired) electrons. The maximum Gasteiger partial charge on any atom is 0.251 e. The summed E-state index contributed by atoms with van der Waals surface area (Å²) >= 11 is 6.48. The Hall–Kier alpha value is -3.19. The van der Waals surface area contributed by atoms with Crippen molar-refractivity contribution in [3.63, 3.8) is 0 Å². The smallest absolute Gasteiger partial charge is 0.251 e. The van der Waals surface area contributed by atoms with E-state index in [1.807, 2.05) is 31.2 Å². The normalized spacial score (nSPS) is 19.7. The number of hydrogen-bond acceptors (Lipinski definition) is 5. The fourth-order valence-corrected chi connectivity index (χ4v) is 4.66. The molecule has 0 unspecified atom stereocenters. The molecule has 3 aromatic rings. The second-order valence-electron chi connectivity index (χ2n) is 9.12. The lowest BCUT2D eigenvalue weighted by Crippen LogP contribution is -2.43. The molecule has 2 saturated carbocycles. The van der Waals surface area contributed by atoms with Crippen LogP contribution in [0.5, 0.6) is 0 Å². The van der Waals surface area contributed by atoms with Crippen LogP contribution in [-0.2, 0) is 4.79 Å². The second-order valence-corrected chi connectivity index (χ2v) is 9.53. The van der Waals surface area contributed by atoms with E-state index < -0.39 is 0 Å². The van der Waals surface area contributed by atoms with Crippen LogP contribution in [0.15, 0.2) is 42.6 Å². The molecule has 2 aliphatic rings. The highest BCUT2D eigenvalue weighted by molar-refractivity contribution is 6.33. The molecule has 2 atom stereocenters. The predicted molar refractivity (Wildman–Crippen MR) is 134 cm³/mol. The summed E-state index contributed by atoms with van der Waals surface area (Å²) in [6, 6.07) is 11.8. The van der Waals surface area contributed by atoms with Crippen molar-refractivity contribution < 1.29 is 9.59 Å². The Bertz CT molecular complexity index is 1240. The highest BCUT2D eigenvalue weighted by Crippen LogP contribution is 2.32. The Labute approximate surface area is 203 Å². The molecule has 5 rings (SSSR count). The number of halogens is 1. The van der Waals surface area contributed by atoms with Crippen molar-refractivity contribution in [3.05, 3.63) is 53.2 Å². The number of aromatic nitrogens is 2. The first kappa shape index (κ1) is 22.6. The third-order valence-corrected chi connectivity index (χ3v) is 6.86. The molecule has 34 heavy (non-hydrogen) atoms. The molecule has 7 nitrogen and oxygen atoms in total. The first-order chi connectivity index (χ1) is 16.5. The monoisotopic (exact) mass is 477 g/mol. The molecular formula is C26H28ClN5O2. The zero-order chi connectivity index (χ0) is 23.7. The minimum Gasteiger partial charge on any atom is -0.351 e. The second kappa shape index (κ2) is 9.58. The standard InChI is InChI=1S/C26H28ClN5O2/c1-2-24(33)30-22-4-3-5-23(22)32-26-28-14-17-12-15(7-11-21(17)31-26)19-13-16(6-10-20(19)27)25(34)29-18-8-9-18/h6-7,10-14,18,22-23H,2-5,8-9H2,1H3,(H,29,34)(H,30,33)(H,28,31,32)/t22-,23+/m0/s1. The fraction of sp³-hybridized carbons (Fsp3) is 0.385. The first-order valence-electron chi connectivity index (χ1n) is 11.9. The summed E-state index contributed by atoms with van der Waals surface area (Å²) in [5, 5.41) is 11.0. The number of carbonyl (C=O) groups is 2. The number of carbonyl (C=O) groups excluding carboxylic acids is 2. The van der Waals surface area contributed by atoms with E-state index in [1.165, 1.54) is 0 Å². The van der Waals surface area contributed by atoms with Gasteiger partial charge in [-0.05, 0) is 68.0 Å². The van der Waals surface area contributed by atoms with Gasteiger partial charge in [0.1, 0.15) is 0 Å². The molecule has 2 aliphatic carbocycles. The highest BCUT2D eigenvalue weighted by Gasteiger charge is 2.29. The molecule has 2 amide bonds. The number of amides is 2. The average Bonchev–Trinajstić information content (AvgIpc) is 3.56. The van der Waals surface area contributed by atoms with Gasteiger partial charge >= 0.3 is 0 Å². The molecule has 1 aromatic heterocycles. The topological polar surface area (TPSA) is 96.0 Å². The Morgan fingerprint density at radius 1 is 1.03 bits per heavy atom. The number of nitrogens with one attached hydrogen (secondary N) is 3. The minimum absolute atomic E-state index is 0.0680. The van der Waals surface area contributed by atoms with E-state index in [2.05, 4.69) is 25.9 Å². The van der Waals surface area contributed by atoms with Crippen LogP contribution in [0.25, 0.3) is 22.0 Å². The van der Waals surface area contributed by atoms with Crippen LogP contribution in [0.1, 0.15) is 55.8 Å². The third kappa shape index (κ3) is 4.99. The predicted octanol–water partition coefficient (Wildman–Crippen LogP) is 4.70. The summed E-state index contributed by atoms with van der Waals surface area (Å²) in [6.07, 6.45) is 7.35. The molecule has 176 valence electrons. The molecule has 0 saturated heterocycles. The Morgan fingerprint density at radius 3 is 2.65 bits per heavy atom. The summed E-state index contributed by atoms with van der Waals surface area (Å²) in [6.45, 7) is 1.86. The van der Waals surface area contributed by atoms with Gasteiger partial charge in [-0.1, -0.05) is 24.6 Å². The molecule has 0 bridgehead atoms. The lowest BCUT2D eigenvalue weighted by molar-refractivity contribution is -0.121. The van der Waals surface area contributed by atoms with Crippen LogP contribution in [0.2, 0.25) is 5.02 Å². The SMILES string of the molecule is CCC(=O)N[C@H]1CCC[C@H]1Nc1ncc2cc(-c3cc(C(=O)NC4CC4)ccc3Cl)ccc2n1. The summed E-state index contributed by atoms with van der Waals surface area (Å²) < 4.78 is 0. The molecule has 8 heteroatoms. The maximum atomic E-state index is 12.5. The maximum absolute atomic E-state index is 12.5. The van der Waals surface area contributed by atoms with Gasteiger partial charge in [-0.3, -0.25) is 9.59 Å². The van der Waals surface area contributed by atoms with Crippen molar-refractivity contribution in [2.24, 2.45) is 0 Å². The van der Waals surface area contributed by atoms with Crippen molar-refractivity contribution >= 4 is 40.3 Å². The van der Waals surface area contributed by atoms with Gasteiger partial charge in [-0.25, -0.2) is 9.97 Å². The van der Waals surface area contributed by atoms with Crippen molar-refractivity contribution in [2.45, 2.75) is 63.6 Å². The quantitative estimate of drug-likeness (QED) is 0.458. The Balaban J connectivity index is 1.35. The molecular weight excluding hydrogens is 450 g/mol. The summed E-state index contributed by atoms with van der Waals surface area (Å²) in [5.41, 5.74) is 3.12. The molecule has 1 heterocycles. The van der Waals surface area contributed by atoms with Gasteiger partial charge < -0.3 is 16.0 Å². The lowest BCUT2D eigenvalue weighted by atomic mass is 10.0. The van der Waals surface area contributed by atoms with Gasteiger partial charge in [0.15, 0.2) is 0 Å². The first-order valence-corrected chi connectivity index (χ1v) is 12.3. The summed E-state index contributed by atoms with van der Waals surface area (Å²) in [5.74, 6) is 0.554. The van der Waals surface area contributed by atoms with Crippen LogP contribution in [0.4, 0.5) is 5.95 Å². The van der Waals surface area contributed by atoms with Gasteiger partial charge in [0.25, 0.3) is 5.91 Å². The number of nitrogens with zero attached hydrogens (tertiary/aromatic N) is 2. The van der Waals surface area contributed by atoms with Crippen molar-refractivity contribution in [1.29, 1.82) is 0 Å². The van der Waals surface area contributed by atoms with Crippen molar-refractivity contribution in [1.82, 2.24) is 20.6 Å². The summed E-state index contributed by atoms with van der Waals surface area (Å²) in [4.78, 5) is 33.5. The van der Waals surface area contributed by atoms with Gasteiger partial charge in [-0.15, -0.1) is 0 Å². The minimum atomic E-state index is -0.0689. The zero-order valence-electron chi connectivity index (χ0n) is 19.1.